The molecule has 0 saturated carbocycles. The predicted molar refractivity (Wildman–Crippen MR) is 75.0 cm³/mol. The van der Waals surface area contributed by atoms with Crippen molar-refractivity contribution in [1.29, 1.82) is 0 Å². The van der Waals surface area contributed by atoms with E-state index in [1.54, 1.807) is 18.2 Å². The molecule has 0 bridgehead atoms. The Hall–Kier alpha value is -2.28. The van der Waals surface area contributed by atoms with E-state index in [9.17, 15) is 9.59 Å². The highest BCUT2D eigenvalue weighted by Gasteiger charge is 2.25. The number of aliphatic carboxylic acids is 1. The molecule has 0 aliphatic heterocycles. The molecule has 0 fully saturated rings. The van der Waals surface area contributed by atoms with Crippen LogP contribution in [0.1, 0.15) is 10.4 Å². The first-order valence-corrected chi connectivity index (χ1v) is 6.26. The summed E-state index contributed by atoms with van der Waals surface area (Å²) in [6, 6.07) is 4.92. The van der Waals surface area contributed by atoms with E-state index in [1.807, 2.05) is 0 Å². The van der Waals surface area contributed by atoms with Crippen LogP contribution in [-0.4, -0.2) is 62.9 Å². The zero-order valence-corrected chi connectivity index (χ0v) is 12.3. The number of ether oxygens (including phenoxy) is 3. The van der Waals surface area contributed by atoms with Gasteiger partial charge < -0.3 is 24.2 Å². The fraction of sp³-hybridized carbons (Fsp3) is 0.429. The lowest BCUT2D eigenvalue weighted by Crippen LogP contribution is -2.38. The van der Waals surface area contributed by atoms with Crippen molar-refractivity contribution in [1.82, 2.24) is 4.90 Å². The van der Waals surface area contributed by atoms with Crippen LogP contribution in [-0.2, 0) is 9.53 Å². The van der Waals surface area contributed by atoms with Crippen LogP contribution in [0.2, 0.25) is 0 Å². The molecular formula is C14H19NO6. The van der Waals surface area contributed by atoms with Crippen LogP contribution in [0.5, 0.6) is 11.5 Å². The minimum Gasteiger partial charge on any atom is -0.496 e. The quantitative estimate of drug-likeness (QED) is 0.766. The SMILES string of the molecule is COCCN(CC(=O)O)C(=O)c1c(OC)cccc1OC. The smallest absolute Gasteiger partial charge is 0.323 e. The molecule has 1 amide bonds. The van der Waals surface area contributed by atoms with Crippen LogP contribution < -0.4 is 9.47 Å². The maximum atomic E-state index is 12.6. The molecule has 0 unspecified atom stereocenters. The van der Waals surface area contributed by atoms with E-state index >= 15 is 0 Å². The topological polar surface area (TPSA) is 85.3 Å². The van der Waals surface area contributed by atoms with Crippen LogP contribution in [0.25, 0.3) is 0 Å². The van der Waals surface area contributed by atoms with Crippen molar-refractivity contribution >= 4 is 11.9 Å². The van der Waals surface area contributed by atoms with Gasteiger partial charge in [-0.2, -0.15) is 0 Å². The third-order valence-corrected chi connectivity index (χ3v) is 2.82. The lowest BCUT2D eigenvalue weighted by atomic mass is 10.1. The average molecular weight is 297 g/mol. The number of hydrogen-bond acceptors (Lipinski definition) is 5. The van der Waals surface area contributed by atoms with Gasteiger partial charge in [0, 0.05) is 13.7 Å². The van der Waals surface area contributed by atoms with Crippen molar-refractivity contribution in [3.8, 4) is 11.5 Å². The van der Waals surface area contributed by atoms with Gasteiger partial charge in [0.05, 0.1) is 20.8 Å². The summed E-state index contributed by atoms with van der Waals surface area (Å²) in [5.74, 6) is -0.934. The Labute approximate surface area is 123 Å². The number of hydrogen-bond donors (Lipinski definition) is 1. The third kappa shape index (κ3) is 4.35. The van der Waals surface area contributed by atoms with Crippen molar-refractivity contribution in [2.75, 3.05) is 41.0 Å². The van der Waals surface area contributed by atoms with Gasteiger partial charge >= 0.3 is 5.97 Å². The number of methoxy groups -OCH3 is 3. The molecule has 1 aromatic rings. The molecule has 0 heterocycles. The number of nitrogens with zero attached hydrogens (tertiary/aromatic N) is 1. The zero-order valence-electron chi connectivity index (χ0n) is 12.3. The molecular weight excluding hydrogens is 278 g/mol. The van der Waals surface area contributed by atoms with E-state index in [0.29, 0.717) is 11.5 Å². The molecule has 1 rings (SSSR count). The second-order valence-corrected chi connectivity index (χ2v) is 4.15. The lowest BCUT2D eigenvalue weighted by Gasteiger charge is -2.22. The first-order valence-electron chi connectivity index (χ1n) is 6.26. The first-order chi connectivity index (χ1) is 10.0. The van der Waals surface area contributed by atoms with Crippen molar-refractivity contribution in [3.63, 3.8) is 0 Å². The van der Waals surface area contributed by atoms with Gasteiger partial charge in [-0.3, -0.25) is 9.59 Å². The van der Waals surface area contributed by atoms with Crippen molar-refractivity contribution in [2.45, 2.75) is 0 Å². The Bertz CT molecular complexity index is 480. The van der Waals surface area contributed by atoms with Gasteiger partial charge in [-0.1, -0.05) is 6.07 Å². The van der Waals surface area contributed by atoms with Crippen molar-refractivity contribution in [2.24, 2.45) is 0 Å². The summed E-state index contributed by atoms with van der Waals surface area (Å²) in [6.45, 7) is -0.0390. The molecule has 0 aliphatic carbocycles. The van der Waals surface area contributed by atoms with Crippen LogP contribution in [0.3, 0.4) is 0 Å². The Kier molecular flexibility index (Phi) is 6.48. The van der Waals surface area contributed by atoms with Gasteiger partial charge in [0.1, 0.15) is 23.6 Å². The molecule has 0 atom stereocenters. The number of benzene rings is 1. The summed E-state index contributed by atoms with van der Waals surface area (Å²) < 4.78 is 15.2. The summed E-state index contributed by atoms with van der Waals surface area (Å²) in [4.78, 5) is 24.7. The van der Waals surface area contributed by atoms with E-state index in [2.05, 4.69) is 0 Å². The Morgan fingerprint density at radius 2 is 1.71 bits per heavy atom. The summed E-state index contributed by atoms with van der Waals surface area (Å²) in [7, 11) is 4.34. The summed E-state index contributed by atoms with van der Waals surface area (Å²) in [6.07, 6.45) is 0. The second-order valence-electron chi connectivity index (χ2n) is 4.15. The zero-order chi connectivity index (χ0) is 15.8. The minimum atomic E-state index is -1.10. The molecule has 0 radical (unpaired) electrons. The van der Waals surface area contributed by atoms with Crippen LogP contribution in [0, 0.1) is 0 Å². The van der Waals surface area contributed by atoms with Gasteiger partial charge in [-0.15, -0.1) is 0 Å². The normalized spacial score (nSPS) is 10.0. The maximum absolute atomic E-state index is 12.6. The Balaban J connectivity index is 3.15. The highest BCUT2D eigenvalue weighted by molar-refractivity contribution is 6.00. The highest BCUT2D eigenvalue weighted by atomic mass is 16.5. The lowest BCUT2D eigenvalue weighted by molar-refractivity contribution is -0.137. The summed E-state index contributed by atoms with van der Waals surface area (Å²) in [5.41, 5.74) is 0.194. The predicted octanol–water partition coefficient (Wildman–Crippen LogP) is 0.877. The molecule has 0 aromatic heterocycles. The molecule has 0 saturated heterocycles. The minimum absolute atomic E-state index is 0.156. The van der Waals surface area contributed by atoms with Crippen molar-refractivity contribution < 1.29 is 28.9 Å². The fourth-order valence-electron chi connectivity index (χ4n) is 1.84. The van der Waals surface area contributed by atoms with Crippen LogP contribution >= 0.6 is 0 Å². The molecule has 1 N–H and O–H groups in total. The number of amides is 1. The van der Waals surface area contributed by atoms with E-state index in [4.69, 9.17) is 19.3 Å². The number of carboxylic acid groups (broad SMARTS) is 1. The summed E-state index contributed by atoms with van der Waals surface area (Å²) >= 11 is 0. The monoisotopic (exact) mass is 297 g/mol. The number of carbonyl (C=O) groups is 2. The highest BCUT2D eigenvalue weighted by Crippen LogP contribution is 2.29. The maximum Gasteiger partial charge on any atom is 0.323 e. The number of rotatable bonds is 8. The van der Waals surface area contributed by atoms with Crippen LogP contribution in [0.15, 0.2) is 18.2 Å². The average Bonchev–Trinajstić information content (AvgIpc) is 2.49. The van der Waals surface area contributed by atoms with Crippen LogP contribution in [0.4, 0.5) is 0 Å². The molecule has 0 aliphatic rings. The number of carbonyl (C=O) groups excluding carboxylic acids is 1. The second kappa shape index (κ2) is 8.11. The van der Waals surface area contributed by atoms with Crippen molar-refractivity contribution in [3.05, 3.63) is 23.8 Å². The van der Waals surface area contributed by atoms with Gasteiger partial charge in [-0.05, 0) is 12.1 Å². The van der Waals surface area contributed by atoms with Gasteiger partial charge in [0.25, 0.3) is 5.91 Å². The Morgan fingerprint density at radius 1 is 1.14 bits per heavy atom. The molecule has 1 aromatic carbocycles. The Morgan fingerprint density at radius 3 is 2.14 bits per heavy atom. The van der Waals surface area contributed by atoms with E-state index < -0.39 is 18.4 Å². The number of carboxylic acids is 1. The van der Waals surface area contributed by atoms with Gasteiger partial charge in [0.15, 0.2) is 0 Å². The molecule has 7 heteroatoms. The van der Waals surface area contributed by atoms with E-state index in [-0.39, 0.29) is 18.7 Å². The molecule has 116 valence electrons. The van der Waals surface area contributed by atoms with E-state index in [1.165, 1.54) is 26.2 Å². The summed E-state index contributed by atoms with van der Waals surface area (Å²) in [5, 5.41) is 8.93. The van der Waals surface area contributed by atoms with E-state index in [0.717, 1.165) is 0 Å². The van der Waals surface area contributed by atoms with Gasteiger partial charge in [0.2, 0.25) is 0 Å². The van der Waals surface area contributed by atoms with Gasteiger partial charge in [-0.25, -0.2) is 0 Å². The standard InChI is InChI=1S/C14H19NO6/c1-19-8-7-15(9-12(16)17)14(18)13-10(20-2)5-4-6-11(13)21-3/h4-6H,7-9H2,1-3H3,(H,16,17). The third-order valence-electron chi connectivity index (χ3n) is 2.82. The first kappa shape index (κ1) is 16.8. The molecule has 0 spiro atoms. The molecule has 21 heavy (non-hydrogen) atoms. The fourth-order valence-corrected chi connectivity index (χ4v) is 1.84. The molecule has 7 nitrogen and oxygen atoms in total. The largest absolute Gasteiger partial charge is 0.496 e.